The Morgan fingerprint density at radius 1 is 1.07 bits per heavy atom. The second-order valence-corrected chi connectivity index (χ2v) is 6.86. The zero-order chi connectivity index (χ0) is 19.2. The molecule has 2 heterocycles. The highest BCUT2D eigenvalue weighted by Gasteiger charge is 2.18. The Morgan fingerprint density at radius 3 is 2.19 bits per heavy atom. The first kappa shape index (κ1) is 19.0. The van der Waals surface area contributed by atoms with E-state index in [1.54, 1.807) is 13.3 Å². The molecule has 1 fully saturated rings. The smallest absolute Gasteiger partial charge is 0.270 e. The third-order valence-electron chi connectivity index (χ3n) is 5.05. The molecule has 6 nitrogen and oxygen atoms in total. The summed E-state index contributed by atoms with van der Waals surface area (Å²) in [6.45, 7) is 7.78. The number of piperazine rings is 1. The number of rotatable bonds is 6. The molecular weight excluding hydrogens is 340 g/mol. The van der Waals surface area contributed by atoms with Crippen molar-refractivity contribution in [2.45, 2.75) is 26.3 Å². The Balaban J connectivity index is 1.56. The Hall–Kier alpha value is -2.76. The van der Waals surface area contributed by atoms with Gasteiger partial charge in [0, 0.05) is 37.9 Å². The molecule has 1 aliphatic rings. The number of pyridine rings is 1. The molecule has 0 aliphatic carbocycles. The van der Waals surface area contributed by atoms with Gasteiger partial charge in [-0.1, -0.05) is 6.92 Å². The molecule has 1 unspecified atom stereocenters. The van der Waals surface area contributed by atoms with Gasteiger partial charge in [-0.3, -0.25) is 4.79 Å². The first-order valence-corrected chi connectivity index (χ1v) is 9.51. The lowest BCUT2D eigenvalue weighted by molar-refractivity contribution is 0.0934. The summed E-state index contributed by atoms with van der Waals surface area (Å²) in [6.07, 6.45) is 2.71. The van der Waals surface area contributed by atoms with Crippen LogP contribution in [-0.2, 0) is 0 Å². The molecule has 144 valence electrons. The van der Waals surface area contributed by atoms with Gasteiger partial charge in [0.05, 0.1) is 19.0 Å². The highest BCUT2D eigenvalue weighted by Crippen LogP contribution is 2.22. The van der Waals surface area contributed by atoms with E-state index in [2.05, 4.69) is 32.2 Å². The van der Waals surface area contributed by atoms with Crippen LogP contribution in [0.1, 0.15) is 30.8 Å². The third kappa shape index (κ3) is 4.70. The number of nitrogens with zero attached hydrogens (tertiary/aromatic N) is 3. The number of hydrogen-bond donors (Lipinski definition) is 1. The van der Waals surface area contributed by atoms with Crippen LogP contribution in [0.3, 0.4) is 0 Å². The number of amides is 1. The summed E-state index contributed by atoms with van der Waals surface area (Å²) >= 11 is 0. The Morgan fingerprint density at radius 2 is 1.67 bits per heavy atom. The zero-order valence-corrected chi connectivity index (χ0v) is 16.3. The van der Waals surface area contributed by atoms with Crippen LogP contribution in [0.4, 0.5) is 11.4 Å². The number of methoxy groups -OCH3 is 1. The molecule has 1 aromatic carbocycles. The number of carbonyl (C=O) groups excluding carboxylic acids is 1. The predicted molar refractivity (Wildman–Crippen MR) is 109 cm³/mol. The summed E-state index contributed by atoms with van der Waals surface area (Å²) in [5, 5.41) is 2.95. The van der Waals surface area contributed by atoms with Gasteiger partial charge < -0.3 is 19.9 Å². The maximum absolute atomic E-state index is 12.1. The lowest BCUT2D eigenvalue weighted by atomic mass is 10.2. The number of benzene rings is 1. The zero-order valence-electron chi connectivity index (χ0n) is 16.3. The van der Waals surface area contributed by atoms with Crippen LogP contribution in [0.15, 0.2) is 42.6 Å². The Bertz CT molecular complexity index is 738. The molecule has 1 amide bonds. The third-order valence-corrected chi connectivity index (χ3v) is 5.05. The van der Waals surface area contributed by atoms with Crippen LogP contribution >= 0.6 is 0 Å². The minimum atomic E-state index is -0.111. The summed E-state index contributed by atoms with van der Waals surface area (Å²) in [4.78, 5) is 21.2. The lowest BCUT2D eigenvalue weighted by Gasteiger charge is -2.37. The summed E-state index contributed by atoms with van der Waals surface area (Å²) in [5.74, 6) is 0.765. The molecule has 1 aromatic heterocycles. The van der Waals surface area contributed by atoms with E-state index in [1.807, 2.05) is 38.1 Å². The number of carbonyl (C=O) groups is 1. The summed E-state index contributed by atoms with van der Waals surface area (Å²) in [5.41, 5.74) is 2.74. The molecule has 0 bridgehead atoms. The molecule has 0 saturated carbocycles. The van der Waals surface area contributed by atoms with E-state index in [0.717, 1.165) is 44.0 Å². The largest absolute Gasteiger partial charge is 0.497 e. The number of hydrogen-bond acceptors (Lipinski definition) is 5. The first-order valence-electron chi connectivity index (χ1n) is 9.51. The highest BCUT2D eigenvalue weighted by atomic mass is 16.5. The molecule has 3 rings (SSSR count). The standard InChI is InChI=1S/C21H28N4O2/c1-4-16(2)23-21(26)20-10-7-18(15-22-20)25-13-11-24(12-14-25)17-5-8-19(27-3)9-6-17/h5-10,15-16H,4,11-14H2,1-3H3,(H,23,26). The first-order chi connectivity index (χ1) is 13.1. The fourth-order valence-electron chi connectivity index (χ4n) is 3.12. The van der Waals surface area contributed by atoms with Gasteiger partial charge in [0.2, 0.25) is 0 Å². The normalized spacial score (nSPS) is 15.4. The van der Waals surface area contributed by atoms with Gasteiger partial charge in [0.25, 0.3) is 5.91 Å². The van der Waals surface area contributed by atoms with Crippen molar-refractivity contribution in [1.29, 1.82) is 0 Å². The van der Waals surface area contributed by atoms with Crippen LogP contribution < -0.4 is 19.9 Å². The SMILES string of the molecule is CCC(C)NC(=O)c1ccc(N2CCN(c3ccc(OC)cc3)CC2)cn1. The predicted octanol–water partition coefficient (Wildman–Crippen LogP) is 2.95. The van der Waals surface area contributed by atoms with Gasteiger partial charge in [0.1, 0.15) is 11.4 Å². The molecule has 0 spiro atoms. The van der Waals surface area contributed by atoms with E-state index in [9.17, 15) is 4.79 Å². The van der Waals surface area contributed by atoms with Crippen molar-refractivity contribution >= 4 is 17.3 Å². The van der Waals surface area contributed by atoms with Crippen molar-refractivity contribution in [2.75, 3.05) is 43.1 Å². The van der Waals surface area contributed by atoms with Gasteiger partial charge in [0.15, 0.2) is 0 Å². The molecule has 2 aromatic rings. The Kier molecular flexibility index (Phi) is 6.16. The van der Waals surface area contributed by atoms with Crippen LogP contribution in [-0.4, -0.2) is 50.2 Å². The van der Waals surface area contributed by atoms with Crippen molar-refractivity contribution in [3.8, 4) is 5.75 Å². The summed E-state index contributed by atoms with van der Waals surface area (Å²) in [7, 11) is 1.68. The van der Waals surface area contributed by atoms with Crippen molar-refractivity contribution in [1.82, 2.24) is 10.3 Å². The van der Waals surface area contributed by atoms with Crippen molar-refractivity contribution in [2.24, 2.45) is 0 Å². The highest BCUT2D eigenvalue weighted by molar-refractivity contribution is 5.92. The molecule has 1 aliphatic heterocycles. The maximum atomic E-state index is 12.1. The van der Waals surface area contributed by atoms with E-state index < -0.39 is 0 Å². The average molecular weight is 368 g/mol. The van der Waals surface area contributed by atoms with Crippen LogP contribution in [0.2, 0.25) is 0 Å². The van der Waals surface area contributed by atoms with E-state index in [0.29, 0.717) is 5.69 Å². The van der Waals surface area contributed by atoms with Gasteiger partial charge in [-0.25, -0.2) is 4.98 Å². The van der Waals surface area contributed by atoms with Crippen LogP contribution in [0.25, 0.3) is 0 Å². The van der Waals surface area contributed by atoms with Gasteiger partial charge in [-0.2, -0.15) is 0 Å². The van der Waals surface area contributed by atoms with Crippen molar-refractivity contribution in [3.05, 3.63) is 48.3 Å². The summed E-state index contributed by atoms with van der Waals surface area (Å²) < 4.78 is 5.22. The van der Waals surface area contributed by atoms with Gasteiger partial charge in [-0.05, 0) is 49.7 Å². The molecule has 6 heteroatoms. The van der Waals surface area contributed by atoms with Crippen molar-refractivity contribution < 1.29 is 9.53 Å². The second-order valence-electron chi connectivity index (χ2n) is 6.86. The molecular formula is C21H28N4O2. The van der Waals surface area contributed by atoms with Gasteiger partial charge >= 0.3 is 0 Å². The molecule has 1 N–H and O–H groups in total. The monoisotopic (exact) mass is 368 g/mol. The lowest BCUT2D eigenvalue weighted by Crippen LogP contribution is -2.46. The molecule has 0 radical (unpaired) electrons. The number of aromatic nitrogens is 1. The topological polar surface area (TPSA) is 57.7 Å². The minimum absolute atomic E-state index is 0.111. The summed E-state index contributed by atoms with van der Waals surface area (Å²) in [6, 6.07) is 12.1. The number of anilines is 2. The minimum Gasteiger partial charge on any atom is -0.497 e. The molecule has 1 atom stereocenters. The van der Waals surface area contributed by atoms with E-state index in [1.165, 1.54) is 5.69 Å². The number of nitrogens with one attached hydrogen (secondary N) is 1. The second kappa shape index (κ2) is 8.75. The van der Waals surface area contributed by atoms with Crippen LogP contribution in [0, 0.1) is 0 Å². The van der Waals surface area contributed by atoms with E-state index in [-0.39, 0.29) is 11.9 Å². The van der Waals surface area contributed by atoms with Crippen LogP contribution in [0.5, 0.6) is 5.75 Å². The quantitative estimate of drug-likeness (QED) is 0.850. The average Bonchev–Trinajstić information content (AvgIpc) is 2.74. The Labute approximate surface area is 161 Å². The van der Waals surface area contributed by atoms with E-state index in [4.69, 9.17) is 4.74 Å². The molecule has 1 saturated heterocycles. The molecule has 27 heavy (non-hydrogen) atoms. The van der Waals surface area contributed by atoms with E-state index >= 15 is 0 Å². The fourth-order valence-corrected chi connectivity index (χ4v) is 3.12. The number of ether oxygens (including phenoxy) is 1. The fraction of sp³-hybridized carbons (Fsp3) is 0.429. The van der Waals surface area contributed by atoms with Gasteiger partial charge in [-0.15, -0.1) is 0 Å². The van der Waals surface area contributed by atoms with Crippen molar-refractivity contribution in [3.63, 3.8) is 0 Å². The maximum Gasteiger partial charge on any atom is 0.270 e.